The van der Waals surface area contributed by atoms with Crippen LogP contribution in [0.3, 0.4) is 0 Å². The maximum absolute atomic E-state index is 13.7. The second-order valence-corrected chi connectivity index (χ2v) is 12.5. The number of pyridine rings is 1. The Hall–Kier alpha value is -2.19. The van der Waals surface area contributed by atoms with Crippen LogP contribution in [0.1, 0.15) is 32.8 Å². The largest absolute Gasteiger partial charge is 0.344 e. The molecular formula is C26H29NO4S2. The fraction of sp³-hybridized carbons (Fsp3) is 0.346. The molecule has 1 saturated heterocycles. The van der Waals surface area contributed by atoms with Crippen molar-refractivity contribution in [3.05, 3.63) is 90.6 Å². The lowest BCUT2D eigenvalue weighted by atomic mass is 9.91. The lowest BCUT2D eigenvalue weighted by Gasteiger charge is -2.32. The molecule has 5 nitrogen and oxygen atoms in total. The van der Waals surface area contributed by atoms with E-state index in [0.717, 1.165) is 5.56 Å². The van der Waals surface area contributed by atoms with Gasteiger partial charge in [-0.3, -0.25) is 0 Å². The molecule has 3 unspecified atom stereocenters. The molecule has 33 heavy (non-hydrogen) atoms. The second kappa shape index (κ2) is 9.58. The van der Waals surface area contributed by atoms with Crippen molar-refractivity contribution in [3.63, 3.8) is 0 Å². The van der Waals surface area contributed by atoms with Gasteiger partial charge in [-0.05, 0) is 50.6 Å². The van der Waals surface area contributed by atoms with Gasteiger partial charge in [0.1, 0.15) is 4.58 Å². The highest BCUT2D eigenvalue weighted by atomic mass is 32.3. The van der Waals surface area contributed by atoms with E-state index in [9.17, 15) is 8.42 Å². The van der Waals surface area contributed by atoms with Crippen molar-refractivity contribution in [1.82, 2.24) is 4.98 Å². The zero-order chi connectivity index (χ0) is 23.5. The number of hydrogen-bond donors (Lipinski definition) is 0. The molecule has 2 aromatic carbocycles. The molecule has 3 atom stereocenters. The minimum absolute atomic E-state index is 0.256. The van der Waals surface area contributed by atoms with E-state index < -0.39 is 25.8 Å². The molecule has 1 aliphatic heterocycles. The average Bonchev–Trinajstić information content (AvgIpc) is 3.02. The summed E-state index contributed by atoms with van der Waals surface area (Å²) in [6.07, 6.45) is 2.26. The van der Waals surface area contributed by atoms with Gasteiger partial charge in [0.25, 0.3) is 0 Å². The lowest BCUT2D eigenvalue weighted by Crippen LogP contribution is -2.42. The minimum Gasteiger partial charge on any atom is -0.344 e. The maximum Gasteiger partial charge on any atom is 0.191 e. The van der Waals surface area contributed by atoms with E-state index >= 15 is 0 Å². The van der Waals surface area contributed by atoms with Gasteiger partial charge in [-0.1, -0.05) is 66.4 Å². The Morgan fingerprint density at radius 3 is 2.21 bits per heavy atom. The predicted molar refractivity (Wildman–Crippen MR) is 131 cm³/mol. The molecule has 4 rings (SSSR count). The van der Waals surface area contributed by atoms with E-state index in [1.807, 2.05) is 63.2 Å². The van der Waals surface area contributed by atoms with Crippen LogP contribution < -0.4 is 0 Å². The lowest BCUT2D eigenvalue weighted by molar-refractivity contribution is -0.160. The molecule has 174 valence electrons. The van der Waals surface area contributed by atoms with E-state index in [1.54, 1.807) is 30.5 Å². The van der Waals surface area contributed by atoms with Crippen molar-refractivity contribution in [2.45, 2.75) is 65.6 Å². The number of benzene rings is 2. The zero-order valence-electron chi connectivity index (χ0n) is 19.0. The zero-order valence-corrected chi connectivity index (χ0v) is 20.7. The van der Waals surface area contributed by atoms with Crippen LogP contribution in [0.15, 0.2) is 95.0 Å². The molecule has 7 heteroatoms. The number of thioether (sulfide) groups is 1. The third-order valence-corrected chi connectivity index (χ3v) is 9.48. The normalized spacial score (nSPS) is 23.3. The molecular weight excluding hydrogens is 454 g/mol. The highest BCUT2D eigenvalue weighted by Crippen LogP contribution is 2.45. The van der Waals surface area contributed by atoms with Crippen LogP contribution in [-0.2, 0) is 25.7 Å². The summed E-state index contributed by atoms with van der Waals surface area (Å²) in [5, 5.41) is 0.656. The van der Waals surface area contributed by atoms with Gasteiger partial charge in [0.15, 0.2) is 15.6 Å². The Balaban J connectivity index is 1.68. The first kappa shape index (κ1) is 24.0. The fourth-order valence-corrected chi connectivity index (χ4v) is 7.73. The van der Waals surface area contributed by atoms with Crippen LogP contribution >= 0.6 is 11.8 Å². The van der Waals surface area contributed by atoms with E-state index in [0.29, 0.717) is 16.3 Å². The smallest absolute Gasteiger partial charge is 0.191 e. The van der Waals surface area contributed by atoms with Crippen molar-refractivity contribution < 1.29 is 17.9 Å². The number of ether oxygens (including phenoxy) is 2. The summed E-state index contributed by atoms with van der Waals surface area (Å²) in [5.41, 5.74) is 0.308. The van der Waals surface area contributed by atoms with Gasteiger partial charge < -0.3 is 9.47 Å². The van der Waals surface area contributed by atoms with Crippen LogP contribution in [0.5, 0.6) is 0 Å². The molecule has 0 N–H and O–H groups in total. The summed E-state index contributed by atoms with van der Waals surface area (Å²) in [7, 11) is -3.67. The number of nitrogens with zero attached hydrogens (tertiary/aromatic N) is 1. The predicted octanol–water partition coefficient (Wildman–Crippen LogP) is 5.52. The molecule has 0 bridgehead atoms. The van der Waals surface area contributed by atoms with Gasteiger partial charge in [0.2, 0.25) is 0 Å². The quantitative estimate of drug-likeness (QED) is 0.393. The monoisotopic (exact) mass is 483 g/mol. The van der Waals surface area contributed by atoms with E-state index in [-0.39, 0.29) is 12.5 Å². The van der Waals surface area contributed by atoms with Crippen LogP contribution in [0.4, 0.5) is 0 Å². The van der Waals surface area contributed by atoms with Crippen LogP contribution in [0, 0.1) is 0 Å². The van der Waals surface area contributed by atoms with Crippen LogP contribution in [0.2, 0.25) is 0 Å². The summed E-state index contributed by atoms with van der Waals surface area (Å²) in [4.78, 5) is 4.66. The molecule has 0 aliphatic carbocycles. The van der Waals surface area contributed by atoms with E-state index in [1.165, 1.54) is 11.8 Å². The second-order valence-electron chi connectivity index (χ2n) is 8.89. The first-order valence-corrected chi connectivity index (χ1v) is 13.4. The Morgan fingerprint density at radius 1 is 0.939 bits per heavy atom. The highest BCUT2D eigenvalue weighted by Gasteiger charge is 2.52. The van der Waals surface area contributed by atoms with Crippen molar-refractivity contribution >= 4 is 21.6 Å². The molecule has 1 aliphatic rings. The Bertz CT molecular complexity index is 1150. The molecule has 1 aromatic heterocycles. The minimum atomic E-state index is -3.67. The molecule has 0 amide bonds. The molecule has 0 spiro atoms. The molecule has 2 heterocycles. The van der Waals surface area contributed by atoms with Gasteiger partial charge >= 0.3 is 0 Å². The summed E-state index contributed by atoms with van der Waals surface area (Å²) >= 11 is 1.25. The maximum atomic E-state index is 13.7. The first-order valence-electron chi connectivity index (χ1n) is 11.0. The highest BCUT2D eigenvalue weighted by molar-refractivity contribution is 8.13. The SMILES string of the molecule is CC1(C)OC(Cc2ccccc2)C(C)(CC(Sc2ccccn2)S(=O)(=O)c2ccccc2)O1. The topological polar surface area (TPSA) is 65.5 Å². The summed E-state index contributed by atoms with van der Waals surface area (Å²) in [6.45, 7) is 5.72. The van der Waals surface area contributed by atoms with Crippen LogP contribution in [0.25, 0.3) is 0 Å². The van der Waals surface area contributed by atoms with Gasteiger partial charge in [0, 0.05) is 19.0 Å². The fourth-order valence-electron chi connectivity index (χ4n) is 4.24. The third kappa shape index (κ3) is 5.66. The van der Waals surface area contributed by atoms with E-state index in [2.05, 4.69) is 17.1 Å². The number of hydrogen-bond acceptors (Lipinski definition) is 6. The molecule has 3 aromatic rings. The number of sulfone groups is 1. The average molecular weight is 484 g/mol. The Morgan fingerprint density at radius 2 is 1.58 bits per heavy atom. The van der Waals surface area contributed by atoms with Crippen LogP contribution in [-0.4, -0.2) is 35.5 Å². The van der Waals surface area contributed by atoms with Crippen molar-refractivity contribution in [2.24, 2.45) is 0 Å². The molecule has 1 fully saturated rings. The standard InChI is InChI=1S/C26H29NO4S2/c1-25(2)30-22(18-20-12-6-4-7-13-20)26(3,31-25)19-24(32-23-16-10-11-17-27-23)33(28,29)21-14-8-5-9-15-21/h4-17,22,24H,18-19H2,1-3H3. The summed E-state index contributed by atoms with van der Waals surface area (Å²) in [6, 6.07) is 24.2. The van der Waals surface area contributed by atoms with E-state index in [4.69, 9.17) is 9.47 Å². The summed E-state index contributed by atoms with van der Waals surface area (Å²) < 4.78 is 39.4. The van der Waals surface area contributed by atoms with Gasteiger partial charge in [0.05, 0.1) is 21.6 Å². The Labute approximate surface area is 200 Å². The summed E-state index contributed by atoms with van der Waals surface area (Å²) in [5.74, 6) is -0.815. The molecule has 0 radical (unpaired) electrons. The Kier molecular flexibility index (Phi) is 6.96. The number of rotatable bonds is 8. The third-order valence-electron chi connectivity index (χ3n) is 5.73. The van der Waals surface area contributed by atoms with Crippen molar-refractivity contribution in [2.75, 3.05) is 0 Å². The van der Waals surface area contributed by atoms with Crippen molar-refractivity contribution in [1.29, 1.82) is 0 Å². The van der Waals surface area contributed by atoms with Crippen molar-refractivity contribution in [3.8, 4) is 0 Å². The van der Waals surface area contributed by atoms with Gasteiger partial charge in [-0.2, -0.15) is 0 Å². The first-order chi connectivity index (χ1) is 15.7. The molecule has 0 saturated carbocycles. The van der Waals surface area contributed by atoms with Gasteiger partial charge in [-0.25, -0.2) is 13.4 Å². The van der Waals surface area contributed by atoms with Gasteiger partial charge in [-0.15, -0.1) is 0 Å². The number of aromatic nitrogens is 1.